The molecule has 1 spiro atoms. The summed E-state index contributed by atoms with van der Waals surface area (Å²) in [6.45, 7) is 1.63. The van der Waals surface area contributed by atoms with Crippen molar-refractivity contribution in [2.24, 2.45) is 11.1 Å². The number of fused-ring (bicyclic) bond motifs is 2. The van der Waals surface area contributed by atoms with E-state index < -0.39 is 0 Å². The van der Waals surface area contributed by atoms with Crippen molar-refractivity contribution in [3.05, 3.63) is 51.1 Å². The predicted octanol–water partition coefficient (Wildman–Crippen LogP) is 5.02. The lowest BCUT2D eigenvalue weighted by molar-refractivity contribution is 0.317. The number of hydrogen-bond acceptors (Lipinski definition) is 5. The maximum Gasteiger partial charge on any atom is 0.134 e. The van der Waals surface area contributed by atoms with Crippen LogP contribution < -0.4 is 9.64 Å². The average Bonchev–Trinajstić information content (AvgIpc) is 3.21. The van der Waals surface area contributed by atoms with Crippen molar-refractivity contribution in [3.63, 3.8) is 0 Å². The molecular weight excluding hydrogens is 430 g/mol. The average molecular weight is 451 g/mol. The van der Waals surface area contributed by atoms with E-state index in [9.17, 15) is 0 Å². The first-order valence-electron chi connectivity index (χ1n) is 8.96. The molecule has 2 heterocycles. The number of ether oxygens (including phenoxy) is 1. The molecule has 1 N–H and O–H groups in total. The van der Waals surface area contributed by atoms with Gasteiger partial charge in [-0.2, -0.15) is 0 Å². The molecule has 2 unspecified atom stereocenters. The monoisotopic (exact) mass is 449 g/mol. The van der Waals surface area contributed by atoms with Crippen molar-refractivity contribution < 1.29 is 9.94 Å². The highest BCUT2D eigenvalue weighted by Crippen LogP contribution is 2.54. The highest BCUT2D eigenvalue weighted by atomic mass is 79.9. The third-order valence-electron chi connectivity index (χ3n) is 5.73. The SMILES string of the molecule is COc1ccc(CN2CC3(CCC(C=NO)C3)c3c2ncc(Br)c3Cl)cc1. The Kier molecular flexibility index (Phi) is 5.03. The van der Waals surface area contributed by atoms with Gasteiger partial charge in [0.25, 0.3) is 0 Å². The van der Waals surface area contributed by atoms with E-state index >= 15 is 0 Å². The van der Waals surface area contributed by atoms with Crippen molar-refractivity contribution in [3.8, 4) is 5.75 Å². The lowest BCUT2D eigenvalue weighted by Gasteiger charge is -2.26. The van der Waals surface area contributed by atoms with Gasteiger partial charge in [0.05, 0.1) is 16.6 Å². The Morgan fingerprint density at radius 2 is 2.22 bits per heavy atom. The molecule has 1 aliphatic heterocycles. The van der Waals surface area contributed by atoms with Crippen LogP contribution in [0, 0.1) is 5.92 Å². The van der Waals surface area contributed by atoms with Gasteiger partial charge in [0.1, 0.15) is 11.6 Å². The van der Waals surface area contributed by atoms with Gasteiger partial charge >= 0.3 is 0 Å². The van der Waals surface area contributed by atoms with E-state index in [4.69, 9.17) is 26.5 Å². The Labute approximate surface area is 172 Å². The van der Waals surface area contributed by atoms with Gasteiger partial charge in [-0.05, 0) is 58.8 Å². The zero-order chi connectivity index (χ0) is 19.0. The Hall–Kier alpha value is -1.79. The number of oxime groups is 1. The topological polar surface area (TPSA) is 58.0 Å². The van der Waals surface area contributed by atoms with Crippen molar-refractivity contribution in [2.75, 3.05) is 18.6 Å². The van der Waals surface area contributed by atoms with E-state index in [0.717, 1.165) is 59.0 Å². The van der Waals surface area contributed by atoms with Crippen molar-refractivity contribution >= 4 is 39.6 Å². The van der Waals surface area contributed by atoms with E-state index in [1.807, 2.05) is 12.1 Å². The van der Waals surface area contributed by atoms with Crippen LogP contribution in [0.3, 0.4) is 0 Å². The molecule has 2 aliphatic rings. The molecule has 4 rings (SSSR count). The Morgan fingerprint density at radius 1 is 1.44 bits per heavy atom. The molecule has 5 nitrogen and oxygen atoms in total. The minimum atomic E-state index is -0.0540. The van der Waals surface area contributed by atoms with Gasteiger partial charge in [-0.25, -0.2) is 4.98 Å². The number of anilines is 1. The summed E-state index contributed by atoms with van der Waals surface area (Å²) in [4.78, 5) is 7.02. The van der Waals surface area contributed by atoms with E-state index in [1.54, 1.807) is 19.5 Å². The first-order chi connectivity index (χ1) is 13.1. The van der Waals surface area contributed by atoms with Crippen LogP contribution in [0.4, 0.5) is 5.82 Å². The summed E-state index contributed by atoms with van der Waals surface area (Å²) < 4.78 is 6.08. The molecule has 1 aliphatic carbocycles. The fourth-order valence-corrected chi connectivity index (χ4v) is 5.16. The predicted molar refractivity (Wildman–Crippen MR) is 110 cm³/mol. The fraction of sp³-hybridized carbons (Fsp3) is 0.400. The lowest BCUT2D eigenvalue weighted by Crippen LogP contribution is -2.31. The first kappa shape index (κ1) is 18.6. The standard InChI is InChI=1S/C20H21BrClN3O2/c1-27-15-4-2-13(3-5-15)11-25-12-20(7-6-14(8-20)9-24-26)17-18(22)16(21)10-23-19(17)25/h2-5,9-10,14,26H,6-8,11-12H2,1H3. The minimum absolute atomic E-state index is 0.0540. The number of methoxy groups -OCH3 is 1. The Morgan fingerprint density at radius 3 is 2.93 bits per heavy atom. The van der Waals surface area contributed by atoms with Crippen molar-refractivity contribution in [1.29, 1.82) is 0 Å². The molecule has 0 amide bonds. The van der Waals surface area contributed by atoms with Crippen molar-refractivity contribution in [2.45, 2.75) is 31.2 Å². The van der Waals surface area contributed by atoms with E-state index in [2.05, 4.69) is 38.1 Å². The van der Waals surface area contributed by atoms with E-state index in [-0.39, 0.29) is 11.3 Å². The molecule has 0 radical (unpaired) electrons. The third kappa shape index (κ3) is 3.29. The fourth-order valence-electron chi connectivity index (χ4n) is 4.53. The summed E-state index contributed by atoms with van der Waals surface area (Å²) in [5.41, 5.74) is 2.27. The minimum Gasteiger partial charge on any atom is -0.497 e. The summed E-state index contributed by atoms with van der Waals surface area (Å²) >= 11 is 10.3. The molecule has 1 aromatic carbocycles. The molecule has 142 valence electrons. The van der Waals surface area contributed by atoms with Gasteiger partial charge in [0.2, 0.25) is 0 Å². The molecule has 0 bridgehead atoms. The number of rotatable bonds is 4. The van der Waals surface area contributed by atoms with Gasteiger partial charge in [-0.1, -0.05) is 23.7 Å². The van der Waals surface area contributed by atoms with Crippen LogP contribution in [-0.2, 0) is 12.0 Å². The quantitative estimate of drug-likeness (QED) is 0.403. The summed E-state index contributed by atoms with van der Waals surface area (Å²) in [6, 6.07) is 8.13. The zero-order valence-corrected chi connectivity index (χ0v) is 17.4. The van der Waals surface area contributed by atoms with Crippen molar-refractivity contribution in [1.82, 2.24) is 4.98 Å². The van der Waals surface area contributed by atoms with Gasteiger partial charge in [0.15, 0.2) is 0 Å². The first-order valence-corrected chi connectivity index (χ1v) is 10.1. The zero-order valence-electron chi connectivity index (χ0n) is 15.0. The van der Waals surface area contributed by atoms with Gasteiger partial charge in [0, 0.05) is 36.5 Å². The number of aromatic nitrogens is 1. The molecule has 7 heteroatoms. The molecule has 2 aromatic rings. The summed E-state index contributed by atoms with van der Waals surface area (Å²) in [6.07, 6.45) is 6.35. The molecule has 1 fully saturated rings. The number of nitrogens with zero attached hydrogens (tertiary/aromatic N) is 3. The third-order valence-corrected chi connectivity index (χ3v) is 6.96. The van der Waals surface area contributed by atoms with Crippen LogP contribution in [0.5, 0.6) is 5.75 Å². The maximum atomic E-state index is 8.94. The Balaban J connectivity index is 1.68. The number of benzene rings is 1. The van der Waals surface area contributed by atoms with Gasteiger partial charge in [-0.15, -0.1) is 5.16 Å². The summed E-state index contributed by atoms with van der Waals surface area (Å²) in [5.74, 6) is 2.07. The molecular formula is C20H21BrClN3O2. The second-order valence-electron chi connectivity index (χ2n) is 7.37. The largest absolute Gasteiger partial charge is 0.497 e. The lowest BCUT2D eigenvalue weighted by atomic mass is 9.80. The van der Waals surface area contributed by atoms with Crippen LogP contribution in [0.1, 0.15) is 30.4 Å². The van der Waals surface area contributed by atoms with Gasteiger partial charge in [-0.3, -0.25) is 0 Å². The summed E-state index contributed by atoms with van der Waals surface area (Å²) in [5, 5.41) is 13.0. The molecule has 1 saturated carbocycles. The smallest absolute Gasteiger partial charge is 0.134 e. The van der Waals surface area contributed by atoms with Crippen LogP contribution in [0.15, 0.2) is 40.1 Å². The molecule has 2 atom stereocenters. The Bertz CT molecular complexity index is 874. The van der Waals surface area contributed by atoms with E-state index in [0.29, 0.717) is 0 Å². The van der Waals surface area contributed by atoms with Crippen LogP contribution in [0.2, 0.25) is 5.02 Å². The number of pyridine rings is 1. The maximum absolute atomic E-state index is 8.94. The number of halogens is 2. The van der Waals surface area contributed by atoms with Crippen LogP contribution in [-0.4, -0.2) is 30.1 Å². The van der Waals surface area contributed by atoms with Crippen LogP contribution in [0.25, 0.3) is 0 Å². The highest BCUT2D eigenvalue weighted by molar-refractivity contribution is 9.10. The molecule has 1 aromatic heterocycles. The second-order valence-corrected chi connectivity index (χ2v) is 8.60. The van der Waals surface area contributed by atoms with Gasteiger partial charge < -0.3 is 14.8 Å². The highest BCUT2D eigenvalue weighted by Gasteiger charge is 2.49. The van der Waals surface area contributed by atoms with E-state index in [1.165, 1.54) is 5.56 Å². The number of hydrogen-bond donors (Lipinski definition) is 1. The second kappa shape index (κ2) is 7.32. The summed E-state index contributed by atoms with van der Waals surface area (Å²) in [7, 11) is 1.67. The molecule has 27 heavy (non-hydrogen) atoms. The van der Waals surface area contributed by atoms with Crippen LogP contribution >= 0.6 is 27.5 Å². The molecule has 0 saturated heterocycles. The normalized spacial score (nSPS) is 24.1.